The molecule has 0 saturated carbocycles. The molecular formula is C26H31NO3. The van der Waals surface area contributed by atoms with Gasteiger partial charge in [0.15, 0.2) is 5.78 Å². The molecule has 0 N–H and O–H groups in total. The standard InChI is InChI=1S/C26H31NO3/c1-15-8-9-20(27-14-15)12-19-13-21(30-25(29)26(5,6)7)23(24(19)28)22-17(3)10-16(2)11-18(22)4/h8-11,14,19H,12-13H2,1-7H3. The minimum atomic E-state index is -0.644. The van der Waals surface area contributed by atoms with E-state index in [1.165, 1.54) is 0 Å². The van der Waals surface area contributed by atoms with Gasteiger partial charge in [-0.1, -0.05) is 23.8 Å². The van der Waals surface area contributed by atoms with Gasteiger partial charge >= 0.3 is 5.97 Å². The molecule has 0 spiro atoms. The Labute approximate surface area is 179 Å². The molecule has 1 aromatic heterocycles. The molecule has 158 valence electrons. The number of pyridine rings is 1. The maximum Gasteiger partial charge on any atom is 0.316 e. The van der Waals surface area contributed by atoms with Crippen LogP contribution >= 0.6 is 0 Å². The number of Topliss-reactive ketones (excluding diaryl/α,β-unsaturated/α-hetero) is 1. The number of aryl methyl sites for hydroxylation is 4. The van der Waals surface area contributed by atoms with Crippen molar-refractivity contribution in [2.75, 3.05) is 0 Å². The summed E-state index contributed by atoms with van der Waals surface area (Å²) < 4.78 is 5.84. The van der Waals surface area contributed by atoms with E-state index in [0.717, 1.165) is 33.5 Å². The molecule has 0 saturated heterocycles. The van der Waals surface area contributed by atoms with E-state index in [1.807, 2.05) is 66.8 Å². The third-order valence-corrected chi connectivity index (χ3v) is 5.51. The molecule has 1 aromatic carbocycles. The SMILES string of the molecule is Cc1ccc(CC2CC(OC(=O)C(C)(C)C)=C(c3c(C)cc(C)cc3C)C2=O)nc1. The maximum atomic E-state index is 13.5. The van der Waals surface area contributed by atoms with Crippen molar-refractivity contribution < 1.29 is 14.3 Å². The zero-order valence-corrected chi connectivity index (χ0v) is 19.1. The second kappa shape index (κ2) is 8.17. The van der Waals surface area contributed by atoms with E-state index >= 15 is 0 Å². The first kappa shape index (κ1) is 21.9. The van der Waals surface area contributed by atoms with Gasteiger partial charge in [-0.3, -0.25) is 14.6 Å². The van der Waals surface area contributed by atoms with Crippen molar-refractivity contribution >= 4 is 17.3 Å². The van der Waals surface area contributed by atoms with Crippen LogP contribution < -0.4 is 0 Å². The van der Waals surface area contributed by atoms with Crippen LogP contribution in [0.4, 0.5) is 0 Å². The van der Waals surface area contributed by atoms with Gasteiger partial charge in [0, 0.05) is 30.7 Å². The predicted octanol–water partition coefficient (Wildman–Crippen LogP) is 5.45. The number of ketones is 1. The number of aromatic nitrogens is 1. The first-order chi connectivity index (χ1) is 14.0. The first-order valence-electron chi connectivity index (χ1n) is 10.5. The largest absolute Gasteiger partial charge is 0.430 e. The molecule has 0 radical (unpaired) electrons. The van der Waals surface area contributed by atoms with Crippen LogP contribution in [-0.4, -0.2) is 16.7 Å². The third-order valence-electron chi connectivity index (χ3n) is 5.51. The monoisotopic (exact) mass is 405 g/mol. The van der Waals surface area contributed by atoms with Gasteiger partial charge in [-0.2, -0.15) is 0 Å². The summed E-state index contributed by atoms with van der Waals surface area (Å²) in [7, 11) is 0. The lowest BCUT2D eigenvalue weighted by atomic mass is 9.90. The van der Waals surface area contributed by atoms with Gasteiger partial charge < -0.3 is 4.74 Å². The second-order valence-corrected chi connectivity index (χ2v) is 9.51. The Bertz CT molecular complexity index is 1000. The molecule has 4 heteroatoms. The Morgan fingerprint density at radius 1 is 1.07 bits per heavy atom. The van der Waals surface area contributed by atoms with E-state index < -0.39 is 5.41 Å². The molecule has 1 aliphatic rings. The number of hydrogen-bond acceptors (Lipinski definition) is 4. The number of esters is 1. The molecule has 1 atom stereocenters. The van der Waals surface area contributed by atoms with Crippen LogP contribution in [0.25, 0.3) is 5.57 Å². The van der Waals surface area contributed by atoms with Crippen LogP contribution in [0.2, 0.25) is 0 Å². The highest BCUT2D eigenvalue weighted by molar-refractivity contribution is 6.25. The summed E-state index contributed by atoms with van der Waals surface area (Å²) in [5.41, 5.74) is 5.95. The van der Waals surface area contributed by atoms with Crippen LogP contribution in [0.1, 0.15) is 60.7 Å². The van der Waals surface area contributed by atoms with E-state index in [4.69, 9.17) is 4.74 Å². The number of carbonyl (C=O) groups excluding carboxylic acids is 2. The fraction of sp³-hybridized carbons (Fsp3) is 0.423. The highest BCUT2D eigenvalue weighted by Crippen LogP contribution is 2.40. The molecule has 0 bridgehead atoms. The van der Waals surface area contributed by atoms with Gasteiger partial charge in [-0.15, -0.1) is 0 Å². The van der Waals surface area contributed by atoms with Crippen LogP contribution in [0.15, 0.2) is 36.2 Å². The summed E-state index contributed by atoms with van der Waals surface area (Å²) in [6.45, 7) is 13.5. The van der Waals surface area contributed by atoms with Gasteiger partial charge in [0.2, 0.25) is 0 Å². The zero-order valence-electron chi connectivity index (χ0n) is 19.1. The van der Waals surface area contributed by atoms with E-state index in [9.17, 15) is 9.59 Å². The fourth-order valence-electron chi connectivity index (χ4n) is 3.99. The normalized spacial score (nSPS) is 16.9. The summed E-state index contributed by atoms with van der Waals surface area (Å²) in [6.07, 6.45) is 2.76. The molecule has 0 amide bonds. The Morgan fingerprint density at radius 2 is 1.70 bits per heavy atom. The maximum absolute atomic E-state index is 13.5. The molecule has 1 aliphatic carbocycles. The average molecular weight is 406 g/mol. The lowest BCUT2D eigenvalue weighted by Crippen LogP contribution is -2.22. The van der Waals surface area contributed by atoms with E-state index in [2.05, 4.69) is 17.1 Å². The quantitative estimate of drug-likeness (QED) is 0.635. The van der Waals surface area contributed by atoms with Crippen molar-refractivity contribution in [1.29, 1.82) is 0 Å². The molecule has 4 nitrogen and oxygen atoms in total. The van der Waals surface area contributed by atoms with Gasteiger partial charge in [-0.05, 0) is 76.8 Å². The molecular weight excluding hydrogens is 374 g/mol. The van der Waals surface area contributed by atoms with Crippen LogP contribution in [0.3, 0.4) is 0 Å². The van der Waals surface area contributed by atoms with Crippen molar-refractivity contribution in [3.05, 3.63) is 69.7 Å². The molecule has 0 aliphatic heterocycles. The van der Waals surface area contributed by atoms with Crippen molar-refractivity contribution in [2.24, 2.45) is 11.3 Å². The van der Waals surface area contributed by atoms with Crippen molar-refractivity contribution in [2.45, 2.75) is 61.3 Å². The Hall–Kier alpha value is -2.75. The number of benzene rings is 1. The minimum absolute atomic E-state index is 0.0316. The van der Waals surface area contributed by atoms with Gasteiger partial charge in [0.1, 0.15) is 5.76 Å². The molecule has 0 fully saturated rings. The average Bonchev–Trinajstić information content (AvgIpc) is 2.91. The Morgan fingerprint density at radius 3 is 2.23 bits per heavy atom. The Kier molecular flexibility index (Phi) is 5.98. The number of carbonyl (C=O) groups is 2. The topological polar surface area (TPSA) is 56.3 Å². The smallest absolute Gasteiger partial charge is 0.316 e. The molecule has 30 heavy (non-hydrogen) atoms. The summed E-state index contributed by atoms with van der Waals surface area (Å²) in [5.74, 6) is -0.0753. The van der Waals surface area contributed by atoms with Gasteiger partial charge in [0.05, 0.1) is 11.0 Å². The summed E-state index contributed by atoms with van der Waals surface area (Å²) in [5, 5.41) is 0. The van der Waals surface area contributed by atoms with Crippen LogP contribution in [0, 0.1) is 39.0 Å². The lowest BCUT2D eigenvalue weighted by molar-refractivity contribution is -0.148. The van der Waals surface area contributed by atoms with Crippen molar-refractivity contribution in [3.63, 3.8) is 0 Å². The van der Waals surface area contributed by atoms with E-state index in [0.29, 0.717) is 24.2 Å². The molecule has 2 aromatic rings. The van der Waals surface area contributed by atoms with Crippen molar-refractivity contribution in [1.82, 2.24) is 4.98 Å². The number of nitrogens with zero attached hydrogens (tertiary/aromatic N) is 1. The summed E-state index contributed by atoms with van der Waals surface area (Å²) in [4.78, 5) is 30.6. The van der Waals surface area contributed by atoms with E-state index in [-0.39, 0.29) is 17.7 Å². The second-order valence-electron chi connectivity index (χ2n) is 9.51. The first-order valence-corrected chi connectivity index (χ1v) is 10.5. The Balaban J connectivity index is 2.02. The van der Waals surface area contributed by atoms with Crippen molar-refractivity contribution in [3.8, 4) is 0 Å². The number of ether oxygens (including phenoxy) is 1. The van der Waals surface area contributed by atoms with Crippen LogP contribution in [-0.2, 0) is 20.7 Å². The van der Waals surface area contributed by atoms with Crippen LogP contribution in [0.5, 0.6) is 0 Å². The van der Waals surface area contributed by atoms with Gasteiger partial charge in [-0.25, -0.2) is 0 Å². The van der Waals surface area contributed by atoms with Gasteiger partial charge in [0.25, 0.3) is 0 Å². The van der Waals surface area contributed by atoms with E-state index in [1.54, 1.807) is 0 Å². The predicted molar refractivity (Wildman–Crippen MR) is 119 cm³/mol. The molecule has 3 rings (SSSR count). The molecule has 1 unspecified atom stereocenters. The number of hydrogen-bond donors (Lipinski definition) is 0. The highest BCUT2D eigenvalue weighted by Gasteiger charge is 2.39. The fourth-order valence-corrected chi connectivity index (χ4v) is 3.99. The summed E-state index contributed by atoms with van der Waals surface area (Å²) >= 11 is 0. The summed E-state index contributed by atoms with van der Waals surface area (Å²) in [6, 6.07) is 8.11. The lowest BCUT2D eigenvalue weighted by Gasteiger charge is -2.18. The number of rotatable bonds is 4. The third kappa shape index (κ3) is 4.53. The zero-order chi connectivity index (χ0) is 22.2. The minimum Gasteiger partial charge on any atom is -0.430 e. The molecule has 1 heterocycles. The highest BCUT2D eigenvalue weighted by atomic mass is 16.5. The number of allylic oxidation sites excluding steroid dienone is 2.